The van der Waals surface area contributed by atoms with Crippen LogP contribution >= 0.6 is 11.6 Å². The molecule has 0 aromatic heterocycles. The number of ether oxygens (including phenoxy) is 1. The Bertz CT molecular complexity index is 603. The molecule has 0 fully saturated rings. The average molecular weight is 308 g/mol. The Balaban J connectivity index is 2.40. The molecule has 2 aromatic rings. The summed E-state index contributed by atoms with van der Waals surface area (Å²) in [6.45, 7) is 2.87. The molecule has 2 rings (SSSR count). The first-order chi connectivity index (χ1) is 10.2. The van der Waals surface area contributed by atoms with Crippen LogP contribution < -0.4 is 10.1 Å². The molecule has 0 saturated carbocycles. The highest BCUT2D eigenvalue weighted by Gasteiger charge is 2.18. The first-order valence-electron chi connectivity index (χ1n) is 6.98. The van der Waals surface area contributed by atoms with Crippen LogP contribution in [-0.4, -0.2) is 13.7 Å². The zero-order valence-electron chi connectivity index (χ0n) is 12.2. The van der Waals surface area contributed by atoms with E-state index in [1.54, 1.807) is 12.1 Å². The third kappa shape index (κ3) is 3.96. The van der Waals surface area contributed by atoms with Crippen LogP contribution in [0.1, 0.15) is 30.5 Å². The van der Waals surface area contributed by atoms with Crippen molar-refractivity contribution >= 4 is 11.6 Å². The fourth-order valence-corrected chi connectivity index (χ4v) is 2.45. The highest BCUT2D eigenvalue weighted by Crippen LogP contribution is 2.28. The Morgan fingerprint density at radius 3 is 2.67 bits per heavy atom. The predicted molar refractivity (Wildman–Crippen MR) is 84.5 cm³/mol. The van der Waals surface area contributed by atoms with E-state index in [2.05, 4.69) is 12.2 Å². The molecule has 112 valence electrons. The van der Waals surface area contributed by atoms with Crippen LogP contribution in [0.5, 0.6) is 5.75 Å². The van der Waals surface area contributed by atoms with Gasteiger partial charge in [-0.05, 0) is 36.7 Å². The maximum atomic E-state index is 14.3. The van der Waals surface area contributed by atoms with E-state index in [1.807, 2.05) is 24.3 Å². The van der Waals surface area contributed by atoms with Gasteiger partial charge in [0.1, 0.15) is 11.6 Å². The fourth-order valence-electron chi connectivity index (χ4n) is 2.25. The second-order valence-electron chi connectivity index (χ2n) is 4.83. The van der Waals surface area contributed by atoms with Gasteiger partial charge in [0.25, 0.3) is 0 Å². The molecular formula is C17H19ClFNO. The summed E-state index contributed by atoms with van der Waals surface area (Å²) in [5.41, 5.74) is 1.53. The lowest BCUT2D eigenvalue weighted by Crippen LogP contribution is -2.24. The number of hydrogen-bond donors (Lipinski definition) is 1. The van der Waals surface area contributed by atoms with Gasteiger partial charge < -0.3 is 10.1 Å². The van der Waals surface area contributed by atoms with Gasteiger partial charge in [-0.1, -0.05) is 36.7 Å². The molecule has 0 aliphatic carbocycles. The van der Waals surface area contributed by atoms with E-state index in [-0.39, 0.29) is 11.9 Å². The van der Waals surface area contributed by atoms with Gasteiger partial charge in [-0.15, -0.1) is 0 Å². The smallest absolute Gasteiger partial charge is 0.132 e. The summed E-state index contributed by atoms with van der Waals surface area (Å²) in [4.78, 5) is 0. The van der Waals surface area contributed by atoms with Gasteiger partial charge in [0.2, 0.25) is 0 Å². The van der Waals surface area contributed by atoms with Crippen LogP contribution in [0, 0.1) is 5.82 Å². The van der Waals surface area contributed by atoms with Crippen LogP contribution in [0.25, 0.3) is 0 Å². The molecule has 4 heteroatoms. The molecule has 1 N–H and O–H groups in total. The summed E-state index contributed by atoms with van der Waals surface area (Å²) < 4.78 is 19.4. The molecule has 0 bridgehead atoms. The molecule has 21 heavy (non-hydrogen) atoms. The molecule has 2 aromatic carbocycles. The standard InChI is InChI=1S/C17H19ClFNO/c1-3-9-20-17(12-5-4-6-13(18)10-12)15-8-7-14(21-2)11-16(15)19/h4-8,10-11,17,20H,3,9H2,1-2H3. The summed E-state index contributed by atoms with van der Waals surface area (Å²) in [6, 6.07) is 12.2. The van der Waals surface area contributed by atoms with Gasteiger partial charge in [-0.25, -0.2) is 4.39 Å². The van der Waals surface area contributed by atoms with E-state index >= 15 is 0 Å². The van der Waals surface area contributed by atoms with Gasteiger partial charge >= 0.3 is 0 Å². The van der Waals surface area contributed by atoms with Crippen molar-refractivity contribution in [1.29, 1.82) is 0 Å². The number of halogens is 2. The molecule has 0 saturated heterocycles. The molecule has 1 atom stereocenters. The average Bonchev–Trinajstić information content (AvgIpc) is 2.49. The van der Waals surface area contributed by atoms with E-state index in [1.165, 1.54) is 13.2 Å². The molecule has 0 amide bonds. The molecule has 0 aliphatic heterocycles. The van der Waals surface area contributed by atoms with Crippen molar-refractivity contribution in [2.24, 2.45) is 0 Å². The fraction of sp³-hybridized carbons (Fsp3) is 0.294. The predicted octanol–water partition coefficient (Wildman–Crippen LogP) is 4.58. The Labute approximate surface area is 129 Å². The second-order valence-corrected chi connectivity index (χ2v) is 5.27. The lowest BCUT2D eigenvalue weighted by Gasteiger charge is -2.20. The molecule has 0 radical (unpaired) electrons. The topological polar surface area (TPSA) is 21.3 Å². The maximum Gasteiger partial charge on any atom is 0.132 e. The highest BCUT2D eigenvalue weighted by atomic mass is 35.5. The third-order valence-corrected chi connectivity index (χ3v) is 3.53. The van der Waals surface area contributed by atoms with Crippen LogP contribution in [0.15, 0.2) is 42.5 Å². The van der Waals surface area contributed by atoms with Gasteiger partial charge in [0.15, 0.2) is 0 Å². The van der Waals surface area contributed by atoms with Crippen molar-refractivity contribution in [3.8, 4) is 5.75 Å². The summed E-state index contributed by atoms with van der Waals surface area (Å²) in [6.07, 6.45) is 0.967. The van der Waals surface area contributed by atoms with Crippen molar-refractivity contribution in [3.63, 3.8) is 0 Å². The Morgan fingerprint density at radius 1 is 1.24 bits per heavy atom. The van der Waals surface area contributed by atoms with Crippen molar-refractivity contribution in [1.82, 2.24) is 5.32 Å². The number of hydrogen-bond acceptors (Lipinski definition) is 2. The first kappa shape index (κ1) is 15.8. The quantitative estimate of drug-likeness (QED) is 0.843. The van der Waals surface area contributed by atoms with E-state index in [9.17, 15) is 4.39 Å². The maximum absolute atomic E-state index is 14.3. The zero-order chi connectivity index (χ0) is 15.2. The van der Waals surface area contributed by atoms with Gasteiger partial charge in [0, 0.05) is 16.7 Å². The minimum Gasteiger partial charge on any atom is -0.497 e. The van der Waals surface area contributed by atoms with Crippen LogP contribution in [0.4, 0.5) is 4.39 Å². The molecule has 2 nitrogen and oxygen atoms in total. The molecule has 0 spiro atoms. The normalized spacial score (nSPS) is 12.2. The summed E-state index contributed by atoms with van der Waals surface area (Å²) >= 11 is 6.06. The van der Waals surface area contributed by atoms with Crippen molar-refractivity contribution in [2.75, 3.05) is 13.7 Å². The number of rotatable bonds is 6. The van der Waals surface area contributed by atoms with E-state index in [0.29, 0.717) is 16.3 Å². The SMILES string of the molecule is CCCNC(c1cccc(Cl)c1)c1ccc(OC)cc1F. The molecular weight excluding hydrogens is 289 g/mol. The lowest BCUT2D eigenvalue weighted by atomic mass is 9.98. The number of nitrogens with one attached hydrogen (secondary N) is 1. The third-order valence-electron chi connectivity index (χ3n) is 3.30. The lowest BCUT2D eigenvalue weighted by molar-refractivity contribution is 0.410. The molecule has 1 unspecified atom stereocenters. The van der Waals surface area contributed by atoms with Crippen LogP contribution in [-0.2, 0) is 0 Å². The van der Waals surface area contributed by atoms with Gasteiger partial charge in [0.05, 0.1) is 13.2 Å². The molecule has 0 aliphatic rings. The Morgan fingerprint density at radius 2 is 2.05 bits per heavy atom. The number of methoxy groups -OCH3 is 1. The second kappa shape index (κ2) is 7.43. The molecule has 0 heterocycles. The van der Waals surface area contributed by atoms with E-state index < -0.39 is 0 Å². The Kier molecular flexibility index (Phi) is 5.59. The summed E-state index contributed by atoms with van der Waals surface area (Å²) in [5.74, 6) is 0.222. The van der Waals surface area contributed by atoms with Crippen LogP contribution in [0.3, 0.4) is 0 Å². The minimum atomic E-state index is -0.289. The monoisotopic (exact) mass is 307 g/mol. The van der Waals surface area contributed by atoms with Crippen molar-refractivity contribution in [2.45, 2.75) is 19.4 Å². The van der Waals surface area contributed by atoms with Crippen LogP contribution in [0.2, 0.25) is 5.02 Å². The minimum absolute atomic E-state index is 0.227. The summed E-state index contributed by atoms with van der Waals surface area (Å²) in [7, 11) is 1.53. The first-order valence-corrected chi connectivity index (χ1v) is 7.35. The highest BCUT2D eigenvalue weighted by molar-refractivity contribution is 6.30. The van der Waals surface area contributed by atoms with E-state index in [0.717, 1.165) is 18.5 Å². The van der Waals surface area contributed by atoms with E-state index in [4.69, 9.17) is 16.3 Å². The van der Waals surface area contributed by atoms with Gasteiger partial charge in [-0.2, -0.15) is 0 Å². The van der Waals surface area contributed by atoms with Crippen molar-refractivity contribution < 1.29 is 9.13 Å². The van der Waals surface area contributed by atoms with Gasteiger partial charge in [-0.3, -0.25) is 0 Å². The van der Waals surface area contributed by atoms with Crippen molar-refractivity contribution in [3.05, 3.63) is 64.4 Å². The zero-order valence-corrected chi connectivity index (χ0v) is 13.0. The number of benzene rings is 2. The Hall–Kier alpha value is -1.58. The largest absolute Gasteiger partial charge is 0.497 e. The summed E-state index contributed by atoms with van der Waals surface area (Å²) in [5, 5.41) is 4.01.